The number of rotatable bonds is 4. The minimum absolute atomic E-state index is 0.261. The van der Waals surface area contributed by atoms with Crippen molar-refractivity contribution >= 4 is 5.91 Å². The molecule has 0 aliphatic rings. The van der Waals surface area contributed by atoms with E-state index < -0.39 is 0 Å². The van der Waals surface area contributed by atoms with Gasteiger partial charge in [0.25, 0.3) is 5.91 Å². The number of nitrogens with zero attached hydrogens (tertiary/aromatic N) is 3. The van der Waals surface area contributed by atoms with E-state index in [2.05, 4.69) is 30.2 Å². The van der Waals surface area contributed by atoms with Crippen molar-refractivity contribution in [3.63, 3.8) is 0 Å². The molecule has 2 rings (SSSR count). The summed E-state index contributed by atoms with van der Waals surface area (Å²) in [6.45, 7) is 0.473. The molecular formula is C8H9N5O2. The average molecular weight is 207 g/mol. The number of amides is 1. The van der Waals surface area contributed by atoms with Crippen molar-refractivity contribution in [2.24, 2.45) is 0 Å². The number of carbonyl (C=O) groups excluding carboxylic acids is 1. The van der Waals surface area contributed by atoms with Gasteiger partial charge in [-0.05, 0) is 0 Å². The summed E-state index contributed by atoms with van der Waals surface area (Å²) in [6, 6.07) is 1.50. The van der Waals surface area contributed by atoms with Crippen molar-refractivity contribution in [3.8, 4) is 0 Å². The molecule has 0 bridgehead atoms. The summed E-state index contributed by atoms with van der Waals surface area (Å²) in [6.07, 6.45) is 3.38. The number of hydrogen-bond donors (Lipinski definition) is 2. The van der Waals surface area contributed by atoms with E-state index in [-0.39, 0.29) is 11.6 Å². The Kier molecular flexibility index (Phi) is 2.72. The second-order valence-electron chi connectivity index (χ2n) is 2.82. The Bertz CT molecular complexity index is 408. The molecule has 1 amide bonds. The Morgan fingerprint density at radius 1 is 1.60 bits per heavy atom. The summed E-state index contributed by atoms with van der Waals surface area (Å²) in [5.41, 5.74) is 0.271. The number of aromatic amines is 1. The zero-order valence-corrected chi connectivity index (χ0v) is 7.80. The van der Waals surface area contributed by atoms with Gasteiger partial charge >= 0.3 is 0 Å². The molecule has 0 aliphatic carbocycles. The second kappa shape index (κ2) is 4.36. The van der Waals surface area contributed by atoms with Crippen LogP contribution in [0.2, 0.25) is 0 Å². The lowest BCUT2D eigenvalue weighted by atomic mass is 10.3. The minimum atomic E-state index is -0.261. The van der Waals surface area contributed by atoms with Crippen LogP contribution in [-0.4, -0.2) is 32.8 Å². The Balaban J connectivity index is 1.77. The quantitative estimate of drug-likeness (QED) is 0.721. The third kappa shape index (κ3) is 2.39. The van der Waals surface area contributed by atoms with Gasteiger partial charge in [0, 0.05) is 19.0 Å². The highest BCUT2D eigenvalue weighted by Gasteiger charge is 2.07. The van der Waals surface area contributed by atoms with Crippen LogP contribution in [0.5, 0.6) is 0 Å². The molecule has 2 aromatic rings. The topological polar surface area (TPSA) is 96.7 Å². The summed E-state index contributed by atoms with van der Waals surface area (Å²) in [4.78, 5) is 15.3. The lowest BCUT2D eigenvalue weighted by Crippen LogP contribution is -2.26. The number of nitrogens with one attached hydrogen (secondary N) is 2. The molecule has 0 aromatic carbocycles. The zero-order valence-electron chi connectivity index (χ0n) is 7.80. The van der Waals surface area contributed by atoms with Gasteiger partial charge in [0.1, 0.15) is 18.4 Å². The fraction of sp³-hybridized carbons (Fsp3) is 0.250. The summed E-state index contributed by atoms with van der Waals surface area (Å²) in [7, 11) is 0. The first-order valence-electron chi connectivity index (χ1n) is 4.39. The maximum Gasteiger partial charge on any atom is 0.273 e. The van der Waals surface area contributed by atoms with Crippen LogP contribution in [0.4, 0.5) is 0 Å². The van der Waals surface area contributed by atoms with E-state index in [1.807, 2.05) is 0 Å². The Hall–Kier alpha value is -2.18. The predicted molar refractivity (Wildman–Crippen MR) is 48.9 cm³/mol. The molecule has 2 heterocycles. The van der Waals surface area contributed by atoms with E-state index >= 15 is 0 Å². The van der Waals surface area contributed by atoms with Gasteiger partial charge in [0.15, 0.2) is 5.69 Å². The van der Waals surface area contributed by atoms with Crippen molar-refractivity contribution in [2.75, 3.05) is 6.54 Å². The van der Waals surface area contributed by atoms with Crippen LogP contribution in [0, 0.1) is 0 Å². The standard InChI is InChI=1S/C8H9N5O2/c14-8(6-2-4-15-13-6)9-3-1-7-10-5-11-12-7/h2,4-5H,1,3H2,(H,9,14)(H,10,11,12). The molecule has 2 N–H and O–H groups in total. The highest BCUT2D eigenvalue weighted by molar-refractivity contribution is 5.91. The molecule has 0 saturated carbocycles. The lowest BCUT2D eigenvalue weighted by molar-refractivity contribution is 0.0945. The largest absolute Gasteiger partial charge is 0.364 e. The van der Waals surface area contributed by atoms with Gasteiger partial charge in [-0.3, -0.25) is 9.89 Å². The van der Waals surface area contributed by atoms with Crippen LogP contribution < -0.4 is 5.32 Å². The lowest BCUT2D eigenvalue weighted by Gasteiger charge is -1.99. The van der Waals surface area contributed by atoms with Crippen molar-refractivity contribution < 1.29 is 9.32 Å². The predicted octanol–water partition coefficient (Wildman–Crippen LogP) is -0.235. The van der Waals surface area contributed by atoms with E-state index in [0.29, 0.717) is 13.0 Å². The Morgan fingerprint density at radius 3 is 3.20 bits per heavy atom. The van der Waals surface area contributed by atoms with Crippen molar-refractivity contribution in [2.45, 2.75) is 6.42 Å². The van der Waals surface area contributed by atoms with Gasteiger partial charge in [-0.25, -0.2) is 4.98 Å². The van der Waals surface area contributed by atoms with Gasteiger partial charge in [-0.2, -0.15) is 5.10 Å². The van der Waals surface area contributed by atoms with Gasteiger partial charge < -0.3 is 9.84 Å². The smallest absolute Gasteiger partial charge is 0.273 e. The fourth-order valence-electron chi connectivity index (χ4n) is 1.07. The minimum Gasteiger partial charge on any atom is -0.364 e. The Morgan fingerprint density at radius 2 is 2.53 bits per heavy atom. The van der Waals surface area contributed by atoms with Gasteiger partial charge in [-0.1, -0.05) is 5.16 Å². The van der Waals surface area contributed by atoms with Crippen molar-refractivity contribution in [1.82, 2.24) is 25.7 Å². The van der Waals surface area contributed by atoms with E-state index in [9.17, 15) is 4.79 Å². The van der Waals surface area contributed by atoms with Crippen LogP contribution >= 0.6 is 0 Å². The normalized spacial score (nSPS) is 10.1. The van der Waals surface area contributed by atoms with Gasteiger partial charge in [-0.15, -0.1) is 0 Å². The summed E-state index contributed by atoms with van der Waals surface area (Å²) in [5.74, 6) is 0.471. The molecule has 2 aromatic heterocycles. The molecule has 0 spiro atoms. The van der Waals surface area contributed by atoms with E-state index in [0.717, 1.165) is 5.82 Å². The van der Waals surface area contributed by atoms with E-state index in [4.69, 9.17) is 0 Å². The maximum atomic E-state index is 11.4. The average Bonchev–Trinajstić information content (AvgIpc) is 2.90. The number of carbonyl (C=O) groups is 1. The zero-order chi connectivity index (χ0) is 10.5. The molecule has 0 unspecified atom stereocenters. The van der Waals surface area contributed by atoms with Crippen LogP contribution in [0.1, 0.15) is 16.3 Å². The molecular weight excluding hydrogens is 198 g/mol. The van der Waals surface area contributed by atoms with E-state index in [1.165, 1.54) is 18.7 Å². The molecule has 0 radical (unpaired) electrons. The first kappa shape index (κ1) is 9.38. The van der Waals surface area contributed by atoms with Crippen molar-refractivity contribution in [3.05, 3.63) is 30.2 Å². The molecule has 0 atom stereocenters. The van der Waals surface area contributed by atoms with E-state index in [1.54, 1.807) is 0 Å². The third-order valence-electron chi connectivity index (χ3n) is 1.78. The highest BCUT2D eigenvalue weighted by atomic mass is 16.5. The van der Waals surface area contributed by atoms with Crippen LogP contribution in [0.15, 0.2) is 23.2 Å². The van der Waals surface area contributed by atoms with Gasteiger partial charge in [0.05, 0.1) is 0 Å². The first-order valence-corrected chi connectivity index (χ1v) is 4.39. The number of aromatic nitrogens is 4. The number of hydrogen-bond acceptors (Lipinski definition) is 5. The SMILES string of the molecule is O=C(NCCc1ncn[nH]1)c1ccon1. The third-order valence-corrected chi connectivity index (χ3v) is 1.78. The van der Waals surface area contributed by atoms with Crippen LogP contribution in [0.3, 0.4) is 0 Å². The van der Waals surface area contributed by atoms with Crippen molar-refractivity contribution in [1.29, 1.82) is 0 Å². The first-order chi connectivity index (χ1) is 7.36. The molecule has 7 nitrogen and oxygen atoms in total. The summed E-state index contributed by atoms with van der Waals surface area (Å²) < 4.78 is 4.55. The number of H-pyrrole nitrogens is 1. The molecule has 0 saturated heterocycles. The second-order valence-corrected chi connectivity index (χ2v) is 2.82. The molecule has 0 aliphatic heterocycles. The molecule has 7 heteroatoms. The molecule has 15 heavy (non-hydrogen) atoms. The fourth-order valence-corrected chi connectivity index (χ4v) is 1.07. The molecule has 0 fully saturated rings. The monoisotopic (exact) mass is 207 g/mol. The Labute approximate surface area is 84.9 Å². The maximum absolute atomic E-state index is 11.4. The van der Waals surface area contributed by atoms with Gasteiger partial charge in [0.2, 0.25) is 0 Å². The molecule has 78 valence electrons. The van der Waals surface area contributed by atoms with Crippen LogP contribution in [-0.2, 0) is 6.42 Å². The summed E-state index contributed by atoms with van der Waals surface area (Å²) in [5, 5.41) is 12.6. The summed E-state index contributed by atoms with van der Waals surface area (Å²) >= 11 is 0. The highest BCUT2D eigenvalue weighted by Crippen LogP contribution is 1.93. The van der Waals surface area contributed by atoms with Crippen LogP contribution in [0.25, 0.3) is 0 Å².